The Morgan fingerprint density at radius 3 is 2.70 bits per heavy atom. The van der Waals surface area contributed by atoms with Crippen LogP contribution in [0.2, 0.25) is 5.02 Å². The number of carbonyl (C=O) groups is 2. The normalized spacial score (nSPS) is 11.9. The molecule has 104 valence electrons. The van der Waals surface area contributed by atoms with Gasteiger partial charge in [0.25, 0.3) is 5.91 Å². The van der Waals surface area contributed by atoms with Crippen molar-refractivity contribution in [1.29, 1.82) is 0 Å². The first-order valence-electron chi connectivity index (χ1n) is 5.51. The van der Waals surface area contributed by atoms with E-state index in [0.717, 1.165) is 0 Å². The molecule has 4 nitrogen and oxygen atoms in total. The maximum Gasteiger partial charge on any atom is 0.331 e. The highest BCUT2D eigenvalue weighted by Crippen LogP contribution is 2.22. The van der Waals surface area contributed by atoms with Gasteiger partial charge < -0.3 is 10.4 Å². The van der Waals surface area contributed by atoms with Crippen LogP contribution >= 0.6 is 45.5 Å². The number of carboxylic acid groups (broad SMARTS) is 1. The number of carboxylic acids is 1. The van der Waals surface area contributed by atoms with E-state index in [-0.39, 0.29) is 0 Å². The number of rotatable bonds is 4. The highest BCUT2D eigenvalue weighted by atomic mass is 127. The molecule has 0 fully saturated rings. The van der Waals surface area contributed by atoms with Crippen LogP contribution in [-0.2, 0) is 4.79 Å². The van der Waals surface area contributed by atoms with Gasteiger partial charge in [-0.15, -0.1) is 11.3 Å². The zero-order chi connectivity index (χ0) is 14.7. The lowest BCUT2D eigenvalue weighted by Gasteiger charge is -2.13. The van der Waals surface area contributed by atoms with Gasteiger partial charge in [-0.3, -0.25) is 4.79 Å². The first-order valence-corrected chi connectivity index (χ1v) is 7.85. The van der Waals surface area contributed by atoms with Gasteiger partial charge in [-0.2, -0.15) is 0 Å². The molecule has 1 amide bonds. The molecule has 0 aliphatic rings. The molecule has 0 aliphatic heterocycles. The molecule has 1 heterocycles. The van der Waals surface area contributed by atoms with E-state index in [0.29, 0.717) is 19.0 Å². The van der Waals surface area contributed by atoms with Crippen molar-refractivity contribution in [3.8, 4) is 0 Å². The Kier molecular flexibility index (Phi) is 5.00. The molecule has 0 saturated heterocycles. The van der Waals surface area contributed by atoms with Gasteiger partial charge in [-0.1, -0.05) is 17.7 Å². The first-order chi connectivity index (χ1) is 9.49. The van der Waals surface area contributed by atoms with Crippen LogP contribution in [0.4, 0.5) is 0 Å². The van der Waals surface area contributed by atoms with Gasteiger partial charge in [0.05, 0.1) is 5.56 Å². The highest BCUT2D eigenvalue weighted by molar-refractivity contribution is 14.1. The summed E-state index contributed by atoms with van der Waals surface area (Å²) < 4.78 is 0.708. The summed E-state index contributed by atoms with van der Waals surface area (Å²) in [5, 5.41) is 13.9. The van der Waals surface area contributed by atoms with E-state index in [4.69, 9.17) is 11.6 Å². The molecular formula is C13H9ClINO3S. The second kappa shape index (κ2) is 6.55. The number of nitrogens with one attached hydrogen (secondary N) is 1. The van der Waals surface area contributed by atoms with Gasteiger partial charge in [0, 0.05) is 13.5 Å². The third kappa shape index (κ3) is 3.50. The molecule has 0 radical (unpaired) electrons. The van der Waals surface area contributed by atoms with Crippen LogP contribution in [0.25, 0.3) is 0 Å². The van der Waals surface area contributed by atoms with Gasteiger partial charge >= 0.3 is 5.97 Å². The maximum absolute atomic E-state index is 12.2. The van der Waals surface area contributed by atoms with Gasteiger partial charge in [0.1, 0.15) is 0 Å². The van der Waals surface area contributed by atoms with Crippen LogP contribution in [0.5, 0.6) is 0 Å². The van der Waals surface area contributed by atoms with Gasteiger partial charge in [-0.25, -0.2) is 4.79 Å². The number of amides is 1. The van der Waals surface area contributed by atoms with Crippen LogP contribution in [0, 0.1) is 3.57 Å². The largest absolute Gasteiger partial charge is 0.479 e. The van der Waals surface area contributed by atoms with Gasteiger partial charge in [0.2, 0.25) is 0 Å². The Labute approximate surface area is 137 Å². The van der Waals surface area contributed by atoms with E-state index in [1.807, 2.05) is 22.6 Å². The van der Waals surface area contributed by atoms with Crippen molar-refractivity contribution in [2.45, 2.75) is 6.04 Å². The quantitative estimate of drug-likeness (QED) is 0.742. The predicted molar refractivity (Wildman–Crippen MR) is 86.3 cm³/mol. The monoisotopic (exact) mass is 421 g/mol. The van der Waals surface area contributed by atoms with Crippen molar-refractivity contribution in [1.82, 2.24) is 5.32 Å². The molecule has 2 N–H and O–H groups in total. The first kappa shape index (κ1) is 15.3. The molecule has 1 unspecified atom stereocenters. The Hall–Kier alpha value is -1.12. The second-order valence-electron chi connectivity index (χ2n) is 3.88. The summed E-state index contributed by atoms with van der Waals surface area (Å²) in [6.45, 7) is 0. The fraction of sp³-hybridized carbons (Fsp3) is 0.0769. The lowest BCUT2D eigenvalue weighted by Crippen LogP contribution is -2.33. The van der Waals surface area contributed by atoms with Crippen molar-refractivity contribution in [3.63, 3.8) is 0 Å². The Morgan fingerprint density at radius 1 is 1.35 bits per heavy atom. The Bertz CT molecular complexity index is 645. The molecule has 20 heavy (non-hydrogen) atoms. The third-order valence-electron chi connectivity index (χ3n) is 2.52. The third-order valence-corrected chi connectivity index (χ3v) is 4.64. The molecule has 1 aromatic carbocycles. The molecular weight excluding hydrogens is 413 g/mol. The smallest absolute Gasteiger partial charge is 0.331 e. The fourth-order valence-electron chi connectivity index (χ4n) is 1.59. The predicted octanol–water partition coefficient (Wildman–Crippen LogP) is 3.56. The minimum Gasteiger partial charge on any atom is -0.479 e. The van der Waals surface area contributed by atoms with Crippen LogP contribution < -0.4 is 5.32 Å². The van der Waals surface area contributed by atoms with Crippen molar-refractivity contribution in [3.05, 3.63) is 54.7 Å². The van der Waals surface area contributed by atoms with Crippen molar-refractivity contribution >= 4 is 57.4 Å². The lowest BCUT2D eigenvalue weighted by atomic mass is 10.2. The Balaban J connectivity index is 2.25. The van der Waals surface area contributed by atoms with Gasteiger partial charge in [0.15, 0.2) is 6.04 Å². The highest BCUT2D eigenvalue weighted by Gasteiger charge is 2.24. The molecule has 2 aromatic rings. The summed E-state index contributed by atoms with van der Waals surface area (Å²) in [5.74, 6) is -1.56. The number of thiophene rings is 1. The molecule has 7 heteroatoms. The van der Waals surface area contributed by atoms with Crippen LogP contribution in [-0.4, -0.2) is 17.0 Å². The standard InChI is InChI=1S/C13H9ClINO3S/c14-7-3-4-9(15)8(6-7)12(17)16-11(13(18)19)10-2-1-5-20-10/h1-6,11H,(H,16,17)(H,18,19). The summed E-state index contributed by atoms with van der Waals surface area (Å²) >= 11 is 9.15. The molecule has 0 bridgehead atoms. The van der Waals surface area contributed by atoms with E-state index in [1.54, 1.807) is 29.6 Å². The SMILES string of the molecule is O=C(NC(C(=O)O)c1cccs1)c1cc(Cl)ccc1I. The maximum atomic E-state index is 12.2. The van der Waals surface area contributed by atoms with Crippen LogP contribution in [0.1, 0.15) is 21.3 Å². The molecule has 2 rings (SSSR count). The van der Waals surface area contributed by atoms with E-state index < -0.39 is 17.9 Å². The topological polar surface area (TPSA) is 66.4 Å². The number of carbonyl (C=O) groups excluding carboxylic acids is 1. The average molecular weight is 422 g/mol. The summed E-state index contributed by atoms with van der Waals surface area (Å²) in [5.41, 5.74) is 0.362. The summed E-state index contributed by atoms with van der Waals surface area (Å²) in [4.78, 5) is 24.0. The minimum atomic E-state index is -1.10. The molecule has 1 aromatic heterocycles. The van der Waals surface area contributed by atoms with Crippen molar-refractivity contribution < 1.29 is 14.7 Å². The van der Waals surface area contributed by atoms with Crippen molar-refractivity contribution in [2.75, 3.05) is 0 Å². The molecule has 0 spiro atoms. The van der Waals surface area contributed by atoms with E-state index in [1.165, 1.54) is 17.4 Å². The van der Waals surface area contributed by atoms with E-state index in [9.17, 15) is 14.7 Å². The van der Waals surface area contributed by atoms with Crippen LogP contribution in [0.3, 0.4) is 0 Å². The zero-order valence-corrected chi connectivity index (χ0v) is 13.7. The summed E-state index contributed by atoms with van der Waals surface area (Å²) in [6, 6.07) is 7.26. The second-order valence-corrected chi connectivity index (χ2v) is 6.46. The molecule has 0 aliphatic carbocycles. The summed E-state index contributed by atoms with van der Waals surface area (Å²) in [6.07, 6.45) is 0. The average Bonchev–Trinajstić information content (AvgIpc) is 2.91. The van der Waals surface area contributed by atoms with Gasteiger partial charge in [-0.05, 0) is 52.2 Å². The number of aliphatic carboxylic acids is 1. The molecule has 0 saturated carbocycles. The molecule has 1 atom stereocenters. The van der Waals surface area contributed by atoms with Crippen LogP contribution in [0.15, 0.2) is 35.7 Å². The fourth-order valence-corrected chi connectivity index (χ4v) is 3.11. The lowest BCUT2D eigenvalue weighted by molar-refractivity contribution is -0.139. The number of hydrogen-bond acceptors (Lipinski definition) is 3. The number of benzene rings is 1. The zero-order valence-electron chi connectivity index (χ0n) is 9.97. The van der Waals surface area contributed by atoms with E-state index >= 15 is 0 Å². The minimum absolute atomic E-state index is 0.362. The van der Waals surface area contributed by atoms with Crippen molar-refractivity contribution in [2.24, 2.45) is 0 Å². The van der Waals surface area contributed by atoms with E-state index in [2.05, 4.69) is 5.32 Å². The Morgan fingerprint density at radius 2 is 2.10 bits per heavy atom. The number of halogens is 2. The number of hydrogen-bond donors (Lipinski definition) is 2. The summed E-state index contributed by atoms with van der Waals surface area (Å²) in [7, 11) is 0.